The Morgan fingerprint density at radius 1 is 1.04 bits per heavy atom. The van der Waals surface area contributed by atoms with Gasteiger partial charge in [-0.05, 0) is 36.6 Å². The Morgan fingerprint density at radius 3 is 2.41 bits per heavy atom. The molecular weight excluding hydrogens is 368 g/mol. The van der Waals surface area contributed by atoms with Crippen LogP contribution in [0, 0.1) is 6.92 Å². The van der Waals surface area contributed by atoms with Crippen LogP contribution in [-0.2, 0) is 26.0 Å². The van der Waals surface area contributed by atoms with Crippen molar-refractivity contribution in [1.82, 2.24) is 5.32 Å². The average Bonchev–Trinajstić information content (AvgIpc) is 2.60. The fraction of sp³-hybridized carbons (Fsp3) is 0.263. The largest absolute Gasteiger partial charge is 0.452 e. The van der Waals surface area contributed by atoms with Crippen molar-refractivity contribution in [2.24, 2.45) is 0 Å². The lowest BCUT2D eigenvalue weighted by Gasteiger charge is -2.11. The third-order valence-electron chi connectivity index (χ3n) is 3.75. The van der Waals surface area contributed by atoms with E-state index < -0.39 is 28.5 Å². The van der Waals surface area contributed by atoms with E-state index in [1.165, 1.54) is 12.1 Å². The Bertz CT molecular complexity index is 925. The first kappa shape index (κ1) is 20.4. The van der Waals surface area contributed by atoms with Gasteiger partial charge in [0.2, 0.25) is 10.0 Å². The number of benzene rings is 2. The molecule has 1 amide bonds. The number of hydrogen-bond acceptors (Lipinski definition) is 5. The molecule has 2 N–H and O–H groups in total. The van der Waals surface area contributed by atoms with Gasteiger partial charge in [0.25, 0.3) is 5.91 Å². The van der Waals surface area contributed by atoms with Crippen LogP contribution in [0.2, 0.25) is 0 Å². The quantitative estimate of drug-likeness (QED) is 0.670. The lowest BCUT2D eigenvalue weighted by molar-refractivity contribution is -0.124. The molecule has 8 heteroatoms. The summed E-state index contributed by atoms with van der Waals surface area (Å²) in [5.41, 5.74) is 2.42. The molecule has 0 spiro atoms. The molecule has 0 heterocycles. The first-order valence-electron chi connectivity index (χ1n) is 8.31. The summed E-state index contributed by atoms with van der Waals surface area (Å²) in [6.45, 7) is 1.98. The Balaban J connectivity index is 1.85. The topological polar surface area (TPSA) is 102 Å². The molecule has 0 aliphatic rings. The number of nitrogens with one attached hydrogen (secondary N) is 2. The number of ether oxygens (including phenoxy) is 1. The highest BCUT2D eigenvalue weighted by Gasteiger charge is 2.16. The minimum atomic E-state index is -3.54. The number of anilines is 1. The van der Waals surface area contributed by atoms with Crippen LogP contribution < -0.4 is 10.0 Å². The monoisotopic (exact) mass is 390 g/mol. The van der Waals surface area contributed by atoms with Crippen LogP contribution in [0.1, 0.15) is 21.5 Å². The third kappa shape index (κ3) is 6.74. The molecule has 7 nitrogen and oxygen atoms in total. The van der Waals surface area contributed by atoms with Gasteiger partial charge < -0.3 is 10.1 Å². The van der Waals surface area contributed by atoms with Crippen LogP contribution in [0.4, 0.5) is 5.69 Å². The molecule has 0 unspecified atom stereocenters. The van der Waals surface area contributed by atoms with Crippen molar-refractivity contribution >= 4 is 27.6 Å². The second kappa shape index (κ2) is 9.18. The number of amides is 1. The third-order valence-corrected chi connectivity index (χ3v) is 4.35. The molecule has 2 aromatic rings. The summed E-state index contributed by atoms with van der Waals surface area (Å²) < 4.78 is 30.0. The summed E-state index contributed by atoms with van der Waals surface area (Å²) in [7, 11) is -3.54. The molecule has 27 heavy (non-hydrogen) atoms. The van der Waals surface area contributed by atoms with Gasteiger partial charge in [0.15, 0.2) is 6.61 Å². The number of para-hydroxylation sites is 1. The number of rotatable bonds is 8. The molecule has 0 radical (unpaired) electrons. The van der Waals surface area contributed by atoms with E-state index >= 15 is 0 Å². The number of aryl methyl sites for hydroxylation is 1. The molecule has 0 fully saturated rings. The van der Waals surface area contributed by atoms with E-state index in [0.29, 0.717) is 13.0 Å². The SMILES string of the molecule is Cc1ccccc1CCNC(=O)COC(=O)c1ccccc1NS(C)(=O)=O. The lowest BCUT2D eigenvalue weighted by atomic mass is 10.1. The van der Waals surface area contributed by atoms with Gasteiger partial charge in [0, 0.05) is 6.54 Å². The van der Waals surface area contributed by atoms with Crippen molar-refractivity contribution in [3.05, 3.63) is 65.2 Å². The van der Waals surface area contributed by atoms with Crippen molar-refractivity contribution in [3.8, 4) is 0 Å². The number of hydrogen-bond donors (Lipinski definition) is 2. The van der Waals surface area contributed by atoms with Gasteiger partial charge in [0.1, 0.15) is 0 Å². The maximum atomic E-state index is 12.2. The second-order valence-electron chi connectivity index (χ2n) is 6.02. The van der Waals surface area contributed by atoms with E-state index in [1.807, 2.05) is 31.2 Å². The predicted octanol–water partition coefficient (Wildman–Crippen LogP) is 1.88. The Hall–Kier alpha value is -2.87. The second-order valence-corrected chi connectivity index (χ2v) is 7.77. The lowest BCUT2D eigenvalue weighted by Crippen LogP contribution is -2.30. The Morgan fingerprint density at radius 2 is 1.70 bits per heavy atom. The summed E-state index contributed by atoms with van der Waals surface area (Å²) in [4.78, 5) is 24.0. The van der Waals surface area contributed by atoms with Crippen LogP contribution in [-0.4, -0.2) is 39.7 Å². The van der Waals surface area contributed by atoms with Gasteiger partial charge in [-0.2, -0.15) is 0 Å². The molecule has 0 aliphatic carbocycles. The van der Waals surface area contributed by atoms with Gasteiger partial charge in [-0.15, -0.1) is 0 Å². The van der Waals surface area contributed by atoms with E-state index in [4.69, 9.17) is 4.74 Å². The van der Waals surface area contributed by atoms with Crippen LogP contribution in [0.25, 0.3) is 0 Å². The highest BCUT2D eigenvalue weighted by Crippen LogP contribution is 2.17. The summed E-state index contributed by atoms with van der Waals surface area (Å²) in [5.74, 6) is -1.21. The average molecular weight is 390 g/mol. The Labute approximate surface area is 158 Å². The van der Waals surface area contributed by atoms with E-state index in [9.17, 15) is 18.0 Å². The van der Waals surface area contributed by atoms with Gasteiger partial charge in [-0.1, -0.05) is 36.4 Å². The standard InChI is InChI=1S/C19H22N2O5S/c1-14-7-3-4-8-15(14)11-12-20-18(22)13-26-19(23)16-9-5-6-10-17(16)21-27(2,24)25/h3-10,21H,11-13H2,1-2H3,(H,20,22). The summed E-state index contributed by atoms with van der Waals surface area (Å²) in [6.07, 6.45) is 1.66. The van der Waals surface area contributed by atoms with Gasteiger partial charge in [0.05, 0.1) is 17.5 Å². The van der Waals surface area contributed by atoms with Crippen molar-refractivity contribution < 1.29 is 22.7 Å². The minimum absolute atomic E-state index is 0.0376. The van der Waals surface area contributed by atoms with Crippen LogP contribution in [0.3, 0.4) is 0 Å². The van der Waals surface area contributed by atoms with Crippen molar-refractivity contribution in [2.75, 3.05) is 24.1 Å². The molecule has 0 atom stereocenters. The maximum absolute atomic E-state index is 12.2. The van der Waals surface area contributed by atoms with E-state index in [-0.39, 0.29) is 11.3 Å². The van der Waals surface area contributed by atoms with Crippen molar-refractivity contribution in [3.63, 3.8) is 0 Å². The summed E-state index contributed by atoms with van der Waals surface area (Å²) >= 11 is 0. The van der Waals surface area contributed by atoms with Crippen molar-refractivity contribution in [1.29, 1.82) is 0 Å². The number of carbonyl (C=O) groups is 2. The molecule has 0 bridgehead atoms. The molecule has 0 aliphatic heterocycles. The van der Waals surface area contributed by atoms with E-state index in [2.05, 4.69) is 10.0 Å². The van der Waals surface area contributed by atoms with Crippen molar-refractivity contribution in [2.45, 2.75) is 13.3 Å². The molecule has 0 aromatic heterocycles. The van der Waals surface area contributed by atoms with Gasteiger partial charge >= 0.3 is 5.97 Å². The predicted molar refractivity (Wildman–Crippen MR) is 103 cm³/mol. The van der Waals surface area contributed by atoms with Crippen LogP contribution >= 0.6 is 0 Å². The molecule has 0 saturated carbocycles. The highest BCUT2D eigenvalue weighted by molar-refractivity contribution is 7.92. The van der Waals surface area contributed by atoms with Crippen LogP contribution in [0.15, 0.2) is 48.5 Å². The van der Waals surface area contributed by atoms with E-state index in [0.717, 1.165) is 17.4 Å². The molecule has 144 valence electrons. The molecule has 2 rings (SSSR count). The normalized spacial score (nSPS) is 10.9. The van der Waals surface area contributed by atoms with Gasteiger partial charge in [-0.3, -0.25) is 9.52 Å². The minimum Gasteiger partial charge on any atom is -0.452 e. The number of esters is 1. The zero-order valence-corrected chi connectivity index (χ0v) is 16.0. The first-order chi connectivity index (χ1) is 12.8. The number of sulfonamides is 1. The first-order valence-corrected chi connectivity index (χ1v) is 10.2. The molecule has 2 aromatic carbocycles. The highest BCUT2D eigenvalue weighted by atomic mass is 32.2. The van der Waals surface area contributed by atoms with E-state index in [1.54, 1.807) is 12.1 Å². The maximum Gasteiger partial charge on any atom is 0.340 e. The Kier molecular flexibility index (Phi) is 6.95. The summed E-state index contributed by atoms with van der Waals surface area (Å²) in [6, 6.07) is 13.9. The van der Waals surface area contributed by atoms with Crippen LogP contribution in [0.5, 0.6) is 0 Å². The zero-order valence-electron chi connectivity index (χ0n) is 15.2. The van der Waals surface area contributed by atoms with Gasteiger partial charge in [-0.25, -0.2) is 13.2 Å². The zero-order chi connectivity index (χ0) is 19.9. The fourth-order valence-electron chi connectivity index (χ4n) is 2.44. The summed E-state index contributed by atoms with van der Waals surface area (Å²) in [5, 5.41) is 2.69. The smallest absolute Gasteiger partial charge is 0.340 e. The molecule has 0 saturated heterocycles. The number of carbonyl (C=O) groups excluding carboxylic acids is 2. The fourth-order valence-corrected chi connectivity index (χ4v) is 3.01. The molecular formula is C19H22N2O5S.